The van der Waals surface area contributed by atoms with Gasteiger partial charge in [0.2, 0.25) is 0 Å². The molecular weight excluding hydrogens is 208 g/mol. The second kappa shape index (κ2) is 4.55. The molecule has 17 heavy (non-hydrogen) atoms. The fourth-order valence-electron chi connectivity index (χ4n) is 3.56. The van der Waals surface area contributed by atoms with Crippen molar-refractivity contribution in [3.05, 3.63) is 0 Å². The molecule has 2 rings (SSSR count). The van der Waals surface area contributed by atoms with Crippen LogP contribution in [0.15, 0.2) is 0 Å². The Hall–Kier alpha value is -0.0800. The van der Waals surface area contributed by atoms with Crippen molar-refractivity contribution in [2.45, 2.75) is 77.4 Å². The van der Waals surface area contributed by atoms with Crippen molar-refractivity contribution < 1.29 is 0 Å². The third-order valence-electron chi connectivity index (χ3n) is 4.69. The van der Waals surface area contributed by atoms with Gasteiger partial charge >= 0.3 is 0 Å². The summed E-state index contributed by atoms with van der Waals surface area (Å²) in [5.41, 5.74) is 0.739. The number of hydrogen-bond donors (Lipinski definition) is 0. The number of nitrogens with zero attached hydrogens (tertiary/aromatic N) is 2. The minimum absolute atomic E-state index is 0.339. The highest BCUT2D eigenvalue weighted by Crippen LogP contribution is 2.34. The van der Waals surface area contributed by atoms with Crippen LogP contribution in [0.5, 0.6) is 0 Å². The highest BCUT2D eigenvalue weighted by atomic mass is 15.3. The van der Waals surface area contributed by atoms with E-state index in [1.807, 2.05) is 0 Å². The summed E-state index contributed by atoms with van der Waals surface area (Å²) < 4.78 is 0. The third-order valence-corrected chi connectivity index (χ3v) is 4.69. The lowest BCUT2D eigenvalue weighted by Gasteiger charge is -2.48. The monoisotopic (exact) mass is 238 g/mol. The van der Waals surface area contributed by atoms with Crippen LogP contribution >= 0.6 is 0 Å². The Kier molecular flexibility index (Phi) is 3.57. The van der Waals surface area contributed by atoms with Crippen molar-refractivity contribution in [1.82, 2.24) is 9.80 Å². The maximum Gasteiger partial charge on any atom is 0.0168 e. The molecular formula is C15H30N2. The van der Waals surface area contributed by atoms with Gasteiger partial charge in [-0.3, -0.25) is 9.80 Å². The van der Waals surface area contributed by atoms with Crippen LogP contribution in [0.25, 0.3) is 0 Å². The molecule has 0 aromatic carbocycles. The number of rotatable bonds is 3. The Labute approximate surface area is 107 Å². The minimum atomic E-state index is 0.339. The predicted octanol–water partition coefficient (Wildman–Crippen LogP) is 3.12. The van der Waals surface area contributed by atoms with Gasteiger partial charge in [0.05, 0.1) is 0 Å². The fourth-order valence-corrected chi connectivity index (χ4v) is 3.56. The van der Waals surface area contributed by atoms with Crippen molar-refractivity contribution >= 4 is 0 Å². The van der Waals surface area contributed by atoms with E-state index in [4.69, 9.17) is 0 Å². The van der Waals surface area contributed by atoms with Crippen LogP contribution in [0, 0.1) is 0 Å². The van der Waals surface area contributed by atoms with Gasteiger partial charge in [0, 0.05) is 17.1 Å². The molecule has 0 radical (unpaired) electrons. The first-order valence-corrected chi connectivity index (χ1v) is 7.32. The molecule has 2 fully saturated rings. The van der Waals surface area contributed by atoms with Gasteiger partial charge in [-0.1, -0.05) is 0 Å². The molecule has 100 valence electrons. The van der Waals surface area contributed by atoms with Crippen molar-refractivity contribution in [3.8, 4) is 0 Å². The Balaban J connectivity index is 1.97. The lowest BCUT2D eigenvalue weighted by Crippen LogP contribution is -2.55. The van der Waals surface area contributed by atoms with Gasteiger partial charge in [0.15, 0.2) is 0 Å². The molecule has 1 atom stereocenters. The van der Waals surface area contributed by atoms with E-state index in [0.29, 0.717) is 11.1 Å². The topological polar surface area (TPSA) is 6.48 Å². The van der Waals surface area contributed by atoms with Gasteiger partial charge in [-0.05, 0) is 79.9 Å². The third kappa shape index (κ3) is 2.85. The lowest BCUT2D eigenvalue weighted by atomic mass is 9.88. The van der Waals surface area contributed by atoms with Gasteiger partial charge in [-0.2, -0.15) is 0 Å². The summed E-state index contributed by atoms with van der Waals surface area (Å²) in [6.45, 7) is 15.9. The SMILES string of the molecule is CC(C)(C)N1CCCC1CC(C)(C)N1CCC1. The quantitative estimate of drug-likeness (QED) is 0.745. The first kappa shape index (κ1) is 13.4. The number of likely N-dealkylation sites (tertiary alicyclic amines) is 2. The van der Waals surface area contributed by atoms with Gasteiger partial charge < -0.3 is 0 Å². The molecule has 0 N–H and O–H groups in total. The molecule has 0 amide bonds. The molecule has 2 aliphatic rings. The minimum Gasteiger partial charge on any atom is -0.298 e. The van der Waals surface area contributed by atoms with Crippen LogP contribution in [-0.2, 0) is 0 Å². The molecule has 0 spiro atoms. The van der Waals surface area contributed by atoms with E-state index in [0.717, 1.165) is 6.04 Å². The highest BCUT2D eigenvalue weighted by molar-refractivity contribution is 4.95. The van der Waals surface area contributed by atoms with Gasteiger partial charge in [0.25, 0.3) is 0 Å². The summed E-state index contributed by atoms with van der Waals surface area (Å²) in [7, 11) is 0. The summed E-state index contributed by atoms with van der Waals surface area (Å²) >= 11 is 0. The van der Waals surface area contributed by atoms with E-state index in [1.165, 1.54) is 45.3 Å². The highest BCUT2D eigenvalue weighted by Gasteiger charge is 2.39. The van der Waals surface area contributed by atoms with Crippen LogP contribution in [0.4, 0.5) is 0 Å². The molecule has 1 unspecified atom stereocenters. The van der Waals surface area contributed by atoms with Crippen LogP contribution in [0.2, 0.25) is 0 Å². The summed E-state index contributed by atoms with van der Waals surface area (Å²) in [6, 6.07) is 0.797. The molecule has 0 bridgehead atoms. The summed E-state index contributed by atoms with van der Waals surface area (Å²) in [5, 5.41) is 0. The van der Waals surface area contributed by atoms with Gasteiger partial charge in [-0.15, -0.1) is 0 Å². The average Bonchev–Trinajstić information content (AvgIpc) is 2.44. The molecule has 2 aliphatic heterocycles. The maximum atomic E-state index is 2.73. The van der Waals surface area contributed by atoms with Crippen LogP contribution in [0.3, 0.4) is 0 Å². The molecule has 2 heterocycles. The van der Waals surface area contributed by atoms with Crippen molar-refractivity contribution in [3.63, 3.8) is 0 Å². The molecule has 2 nitrogen and oxygen atoms in total. The molecule has 2 heteroatoms. The van der Waals surface area contributed by atoms with E-state index in [9.17, 15) is 0 Å². The van der Waals surface area contributed by atoms with Gasteiger partial charge in [-0.25, -0.2) is 0 Å². The first-order valence-electron chi connectivity index (χ1n) is 7.32. The largest absolute Gasteiger partial charge is 0.298 e. The fraction of sp³-hybridized carbons (Fsp3) is 1.00. The average molecular weight is 238 g/mol. The first-order chi connectivity index (χ1) is 7.81. The van der Waals surface area contributed by atoms with E-state index >= 15 is 0 Å². The molecule has 0 aliphatic carbocycles. The summed E-state index contributed by atoms with van der Waals surface area (Å²) in [4.78, 5) is 5.39. The second-order valence-electron chi connectivity index (χ2n) is 7.52. The smallest absolute Gasteiger partial charge is 0.0168 e. The van der Waals surface area contributed by atoms with Crippen LogP contribution in [0.1, 0.15) is 60.3 Å². The van der Waals surface area contributed by atoms with Gasteiger partial charge in [0.1, 0.15) is 0 Å². The molecule has 2 saturated heterocycles. The van der Waals surface area contributed by atoms with E-state index < -0.39 is 0 Å². The van der Waals surface area contributed by atoms with E-state index in [-0.39, 0.29) is 0 Å². The Morgan fingerprint density at radius 3 is 2.06 bits per heavy atom. The lowest BCUT2D eigenvalue weighted by molar-refractivity contribution is 0.0162. The zero-order chi connectivity index (χ0) is 12.7. The summed E-state index contributed by atoms with van der Waals surface area (Å²) in [6.07, 6.45) is 5.52. The summed E-state index contributed by atoms with van der Waals surface area (Å²) in [5.74, 6) is 0. The standard InChI is InChI=1S/C15H30N2/c1-14(2,3)17-11-6-8-13(17)12-15(4,5)16-9-7-10-16/h13H,6-12H2,1-5H3. The van der Waals surface area contributed by atoms with E-state index in [1.54, 1.807) is 0 Å². The normalized spacial score (nSPS) is 28.4. The predicted molar refractivity (Wildman–Crippen MR) is 74.4 cm³/mol. The Morgan fingerprint density at radius 2 is 1.59 bits per heavy atom. The van der Waals surface area contributed by atoms with E-state index in [2.05, 4.69) is 44.4 Å². The van der Waals surface area contributed by atoms with Crippen molar-refractivity contribution in [2.75, 3.05) is 19.6 Å². The Morgan fingerprint density at radius 1 is 0.941 bits per heavy atom. The van der Waals surface area contributed by atoms with Crippen molar-refractivity contribution in [1.29, 1.82) is 0 Å². The zero-order valence-electron chi connectivity index (χ0n) is 12.4. The van der Waals surface area contributed by atoms with Crippen LogP contribution < -0.4 is 0 Å². The number of hydrogen-bond acceptors (Lipinski definition) is 2. The molecule has 0 aromatic heterocycles. The second-order valence-corrected chi connectivity index (χ2v) is 7.52. The zero-order valence-corrected chi connectivity index (χ0v) is 12.4. The molecule has 0 saturated carbocycles. The molecule has 0 aromatic rings. The van der Waals surface area contributed by atoms with Crippen LogP contribution in [-0.4, -0.2) is 46.6 Å². The Bertz CT molecular complexity index is 261. The maximum absolute atomic E-state index is 2.73. The van der Waals surface area contributed by atoms with Crippen molar-refractivity contribution in [2.24, 2.45) is 0 Å².